The number of piperidine rings is 1. The molecule has 1 atom stereocenters. The molecule has 0 amide bonds. The largest absolute Gasteiger partial charge is 0.493 e. The molecule has 1 aliphatic carbocycles. The second-order valence-corrected chi connectivity index (χ2v) is 12.4. The number of carbonyl (C=O) groups is 1. The van der Waals surface area contributed by atoms with Crippen molar-refractivity contribution < 1.29 is 18.7 Å². The van der Waals surface area contributed by atoms with Crippen molar-refractivity contribution in [2.45, 2.75) is 126 Å². The molecule has 0 spiro atoms. The highest BCUT2D eigenvalue weighted by Crippen LogP contribution is 2.32. The summed E-state index contributed by atoms with van der Waals surface area (Å²) in [6, 6.07) is 3.20. The number of hydrogen-bond acceptors (Lipinski definition) is 5. The monoisotopic (exact) mass is 614 g/mol. The first-order chi connectivity index (χ1) is 21.2. The number of methoxy groups -OCH3 is 1. The van der Waals surface area contributed by atoms with Crippen molar-refractivity contribution in [1.82, 2.24) is 4.90 Å². The molecule has 0 aromatic heterocycles. The van der Waals surface area contributed by atoms with Gasteiger partial charge in [0.05, 0.1) is 13.2 Å². The number of ketones is 1. The van der Waals surface area contributed by atoms with Gasteiger partial charge in [-0.15, -0.1) is 0 Å². The van der Waals surface area contributed by atoms with Crippen LogP contribution in [0.5, 0.6) is 5.75 Å². The van der Waals surface area contributed by atoms with Crippen molar-refractivity contribution in [3.8, 4) is 5.75 Å². The van der Waals surface area contributed by atoms with Gasteiger partial charge in [-0.25, -0.2) is 9.38 Å². The van der Waals surface area contributed by atoms with E-state index in [9.17, 15) is 9.18 Å². The van der Waals surface area contributed by atoms with Crippen LogP contribution in [0.3, 0.4) is 0 Å². The molecule has 6 heteroatoms. The van der Waals surface area contributed by atoms with E-state index in [-0.39, 0.29) is 18.0 Å². The normalized spacial score (nSPS) is 16.2. The third kappa shape index (κ3) is 17.7. The minimum Gasteiger partial charge on any atom is -0.493 e. The fraction of sp³-hybridized carbons (Fsp3) is 0.684. The molecule has 1 aromatic carbocycles. The fourth-order valence-corrected chi connectivity index (χ4v) is 4.89. The van der Waals surface area contributed by atoms with Gasteiger partial charge in [-0.2, -0.15) is 0 Å². The summed E-state index contributed by atoms with van der Waals surface area (Å²) in [5.74, 6) is 3.08. The number of halogens is 1. The van der Waals surface area contributed by atoms with Crippen LogP contribution in [0.15, 0.2) is 40.7 Å². The Bertz CT molecular complexity index is 1000. The van der Waals surface area contributed by atoms with Gasteiger partial charge in [0.25, 0.3) is 0 Å². The van der Waals surface area contributed by atoms with E-state index in [1.807, 2.05) is 32.2 Å². The third-order valence-electron chi connectivity index (χ3n) is 8.17. The smallest absolute Gasteiger partial charge is 0.134 e. The number of rotatable bonds is 16. The molecular formula is C38H63FN2O3. The van der Waals surface area contributed by atoms with Crippen LogP contribution in [-0.4, -0.2) is 50.3 Å². The minimum absolute atomic E-state index is 0.0283. The molecule has 0 radical (unpaired) electrons. The molecule has 2 fully saturated rings. The first kappa shape index (κ1) is 39.6. The fourth-order valence-electron chi connectivity index (χ4n) is 4.89. The van der Waals surface area contributed by atoms with Gasteiger partial charge in [0.15, 0.2) is 0 Å². The summed E-state index contributed by atoms with van der Waals surface area (Å²) >= 11 is 0. The lowest BCUT2D eigenvalue weighted by molar-refractivity contribution is -0.116. The number of nitrogens with zero attached hydrogens (tertiary/aromatic N) is 2. The number of Topliss-reactive ketones (excluding diaryl/α,β-unsaturated/α-hetero) is 1. The molecule has 1 saturated carbocycles. The lowest BCUT2D eigenvalue weighted by atomic mass is 10.0. The Morgan fingerprint density at radius 1 is 1.16 bits per heavy atom. The molecule has 1 aliphatic heterocycles. The predicted octanol–water partition coefficient (Wildman–Crippen LogP) is 10.1. The molecule has 0 bridgehead atoms. The summed E-state index contributed by atoms with van der Waals surface area (Å²) < 4.78 is 24.5. The van der Waals surface area contributed by atoms with E-state index in [1.54, 1.807) is 7.11 Å². The zero-order valence-corrected chi connectivity index (χ0v) is 29.4. The number of hydrogen-bond donors (Lipinski definition) is 0. The van der Waals surface area contributed by atoms with E-state index in [4.69, 9.17) is 9.47 Å². The van der Waals surface area contributed by atoms with Crippen molar-refractivity contribution in [2.24, 2.45) is 16.8 Å². The van der Waals surface area contributed by atoms with Crippen LogP contribution in [-0.2, 0) is 16.0 Å². The minimum atomic E-state index is -0.341. The van der Waals surface area contributed by atoms with Gasteiger partial charge in [-0.05, 0) is 93.6 Å². The van der Waals surface area contributed by atoms with E-state index < -0.39 is 0 Å². The van der Waals surface area contributed by atoms with Crippen LogP contribution in [0, 0.1) is 24.6 Å². The Balaban J connectivity index is 0.000000356. The molecule has 44 heavy (non-hydrogen) atoms. The zero-order chi connectivity index (χ0) is 32.7. The van der Waals surface area contributed by atoms with E-state index in [1.165, 1.54) is 70.8 Å². The topological polar surface area (TPSA) is 51.1 Å². The van der Waals surface area contributed by atoms with Crippen molar-refractivity contribution in [1.29, 1.82) is 0 Å². The van der Waals surface area contributed by atoms with Crippen LogP contribution in [0.4, 0.5) is 4.39 Å². The van der Waals surface area contributed by atoms with Crippen LogP contribution in [0.1, 0.15) is 123 Å². The van der Waals surface area contributed by atoms with Crippen molar-refractivity contribution in [3.63, 3.8) is 0 Å². The van der Waals surface area contributed by atoms with Crippen molar-refractivity contribution >= 4 is 12.0 Å². The number of likely N-dealkylation sites (tertiary alicyclic amines) is 1. The lowest BCUT2D eigenvalue weighted by Crippen LogP contribution is -2.28. The Hall–Kier alpha value is -2.47. The lowest BCUT2D eigenvalue weighted by Gasteiger charge is -2.28. The highest BCUT2D eigenvalue weighted by molar-refractivity contribution is 5.79. The Morgan fingerprint density at radius 3 is 2.39 bits per heavy atom. The Labute approximate surface area is 269 Å². The highest BCUT2D eigenvalue weighted by Gasteiger charge is 2.21. The average Bonchev–Trinajstić information content (AvgIpc) is 3.84. The van der Waals surface area contributed by atoms with Gasteiger partial charge in [0.2, 0.25) is 0 Å². The summed E-state index contributed by atoms with van der Waals surface area (Å²) in [5, 5.41) is 0. The second kappa shape index (κ2) is 23.9. The number of aryl methyl sites for hydroxylation is 1. The van der Waals surface area contributed by atoms with E-state index in [0.29, 0.717) is 24.5 Å². The van der Waals surface area contributed by atoms with Crippen LogP contribution in [0.25, 0.3) is 0 Å². The molecule has 5 nitrogen and oxygen atoms in total. The maximum absolute atomic E-state index is 13.8. The number of ether oxygens (including phenoxy) is 2. The molecule has 1 aromatic rings. The van der Waals surface area contributed by atoms with Crippen molar-refractivity contribution in [2.75, 3.05) is 33.4 Å². The maximum Gasteiger partial charge on any atom is 0.134 e. The standard InChI is InChI=1S/C15H19FO2.C15H26N2O.C8H18/c1-10-7-13(18-6-5-12-3-4-12)9-15(16)14(10)8-11(2)17;1-4-9-15(17-10-7-6-8-11-17)16-12-14(5-2)13-18-3;1-4-6-7-8(3)5-2/h7,9,12H,3-6,8H2,1-2H3;5,9,12H,4,6-8,10-11,13H2,1-3H3;8H,4-7H2,1-3H3/b;14-5+,15-9-,16-12-;. The number of benzene rings is 1. The van der Waals surface area contributed by atoms with Crippen molar-refractivity contribution in [3.05, 3.63) is 52.6 Å². The maximum atomic E-state index is 13.8. The summed E-state index contributed by atoms with van der Waals surface area (Å²) in [6.07, 6.45) is 20.5. The first-order valence-corrected chi connectivity index (χ1v) is 17.2. The van der Waals surface area contributed by atoms with Crippen LogP contribution in [0.2, 0.25) is 0 Å². The third-order valence-corrected chi connectivity index (χ3v) is 8.17. The molecule has 2 aliphatic rings. The van der Waals surface area contributed by atoms with Gasteiger partial charge in [-0.1, -0.05) is 72.3 Å². The quantitative estimate of drug-likeness (QED) is 0.174. The average molecular weight is 615 g/mol. The summed E-state index contributed by atoms with van der Waals surface area (Å²) in [4.78, 5) is 18.1. The highest BCUT2D eigenvalue weighted by atomic mass is 19.1. The molecular weight excluding hydrogens is 551 g/mol. The summed E-state index contributed by atoms with van der Waals surface area (Å²) in [5.41, 5.74) is 2.39. The molecule has 1 heterocycles. The molecule has 250 valence electrons. The zero-order valence-electron chi connectivity index (χ0n) is 29.4. The number of carbonyl (C=O) groups excluding carboxylic acids is 1. The molecule has 1 unspecified atom stereocenters. The summed E-state index contributed by atoms with van der Waals surface area (Å²) in [6.45, 7) is 17.9. The van der Waals surface area contributed by atoms with E-state index in [0.717, 1.165) is 54.7 Å². The Kier molecular flexibility index (Phi) is 21.4. The predicted molar refractivity (Wildman–Crippen MR) is 185 cm³/mol. The van der Waals surface area contributed by atoms with Gasteiger partial charge in [0, 0.05) is 38.9 Å². The summed E-state index contributed by atoms with van der Waals surface area (Å²) in [7, 11) is 1.71. The molecule has 3 rings (SSSR count). The van der Waals surface area contributed by atoms with Crippen LogP contribution < -0.4 is 4.74 Å². The molecule has 0 N–H and O–H groups in total. The van der Waals surface area contributed by atoms with Gasteiger partial charge in [0.1, 0.15) is 23.2 Å². The van der Waals surface area contributed by atoms with Gasteiger partial charge >= 0.3 is 0 Å². The number of unbranched alkanes of at least 4 members (excludes halogenated alkanes) is 1. The second-order valence-electron chi connectivity index (χ2n) is 12.4. The van der Waals surface area contributed by atoms with Gasteiger partial charge in [-0.3, -0.25) is 4.79 Å². The van der Waals surface area contributed by atoms with Gasteiger partial charge < -0.3 is 14.4 Å². The number of aliphatic imine (C=N–C) groups is 1. The number of allylic oxidation sites excluding steroid dienone is 2. The Morgan fingerprint density at radius 2 is 1.86 bits per heavy atom. The van der Waals surface area contributed by atoms with Crippen LogP contribution >= 0.6 is 0 Å². The van der Waals surface area contributed by atoms with E-state index >= 15 is 0 Å². The van der Waals surface area contributed by atoms with E-state index in [2.05, 4.69) is 43.7 Å². The first-order valence-electron chi connectivity index (χ1n) is 17.2. The molecule has 1 saturated heterocycles. The SMILES string of the molecule is CC(=O)Cc1c(C)cc(OCCC2CC2)cc1F.CCCCC(C)CC.C\C=C(/C=N\C(=C\CC)N1CCCCC1)COC.